The first-order valence-corrected chi connectivity index (χ1v) is 5.39. The van der Waals surface area contributed by atoms with Crippen LogP contribution < -0.4 is 0 Å². The molecule has 4 nitrogen and oxygen atoms in total. The molecule has 1 aliphatic carbocycles. The molecule has 0 aromatic heterocycles. The van der Waals surface area contributed by atoms with Gasteiger partial charge in [-0.1, -0.05) is 5.18 Å². The van der Waals surface area contributed by atoms with Gasteiger partial charge in [-0.05, 0) is 19.3 Å². The molecule has 0 aromatic rings. The minimum Gasteiger partial charge on any atom is -0.231 e. The van der Waals surface area contributed by atoms with Gasteiger partial charge in [0.25, 0.3) is 0 Å². The van der Waals surface area contributed by atoms with Crippen molar-refractivity contribution in [2.75, 3.05) is 5.88 Å². The SMILES string of the molecule is O=N[C@H](CCl)CC1([SH](=O)=O)CC1. The molecule has 1 fully saturated rings. The summed E-state index contributed by atoms with van der Waals surface area (Å²) in [6.07, 6.45) is 1.59. The number of alkyl halides is 1. The summed E-state index contributed by atoms with van der Waals surface area (Å²) in [4.78, 5) is 10.1. The molecule has 0 radical (unpaired) electrons. The molecule has 0 saturated heterocycles. The number of thiol groups is 1. The maximum absolute atomic E-state index is 10.7. The lowest BCUT2D eigenvalue weighted by atomic mass is 10.2. The van der Waals surface area contributed by atoms with Gasteiger partial charge in [-0.2, -0.15) is 4.91 Å². The number of rotatable bonds is 5. The first kappa shape index (κ1) is 9.92. The van der Waals surface area contributed by atoms with Gasteiger partial charge in [0, 0.05) is 5.88 Å². The predicted octanol–water partition coefficient (Wildman–Crippen LogP) is 0.894. The van der Waals surface area contributed by atoms with Crippen LogP contribution in [-0.2, 0) is 10.7 Å². The van der Waals surface area contributed by atoms with E-state index >= 15 is 0 Å². The highest BCUT2D eigenvalue weighted by atomic mass is 35.5. The Hall–Kier alpha value is -0.160. The van der Waals surface area contributed by atoms with E-state index in [2.05, 4.69) is 5.18 Å². The molecular formula is C6H10ClNO3S. The van der Waals surface area contributed by atoms with Gasteiger partial charge < -0.3 is 0 Å². The largest absolute Gasteiger partial charge is 0.231 e. The number of hydrogen-bond donors (Lipinski definition) is 1. The molecule has 1 aliphatic rings. The summed E-state index contributed by atoms with van der Waals surface area (Å²) in [6, 6.07) is -0.554. The van der Waals surface area contributed by atoms with E-state index in [1.165, 1.54) is 0 Å². The van der Waals surface area contributed by atoms with E-state index in [9.17, 15) is 13.3 Å². The molecule has 0 bridgehead atoms. The Morgan fingerprint density at radius 2 is 2.08 bits per heavy atom. The highest BCUT2D eigenvalue weighted by Crippen LogP contribution is 2.43. The lowest BCUT2D eigenvalue weighted by Crippen LogP contribution is -2.20. The van der Waals surface area contributed by atoms with Crippen molar-refractivity contribution in [1.82, 2.24) is 0 Å². The van der Waals surface area contributed by atoms with E-state index in [1.54, 1.807) is 0 Å². The zero-order valence-corrected chi connectivity index (χ0v) is 8.05. The van der Waals surface area contributed by atoms with Crippen LogP contribution in [0.1, 0.15) is 19.3 Å². The van der Waals surface area contributed by atoms with Crippen molar-refractivity contribution in [2.24, 2.45) is 5.18 Å². The molecule has 0 N–H and O–H groups in total. The summed E-state index contributed by atoms with van der Waals surface area (Å²) in [7, 11) is -2.43. The van der Waals surface area contributed by atoms with E-state index in [-0.39, 0.29) is 5.88 Å². The fourth-order valence-electron chi connectivity index (χ4n) is 1.16. The standard InChI is InChI=1S/C6H10ClNO3S/c7-4-5(8-9)3-6(1-2-6)12(10)11/h5,12H,1-4H2/t5-/m0/s1. The lowest BCUT2D eigenvalue weighted by Gasteiger charge is -2.09. The van der Waals surface area contributed by atoms with Gasteiger partial charge in [0.1, 0.15) is 16.7 Å². The predicted molar refractivity (Wildman–Crippen MR) is 47.2 cm³/mol. The van der Waals surface area contributed by atoms with Gasteiger partial charge >= 0.3 is 0 Å². The average Bonchev–Trinajstić information content (AvgIpc) is 2.81. The van der Waals surface area contributed by atoms with E-state index in [0.29, 0.717) is 19.3 Å². The molecule has 0 aromatic carbocycles. The monoisotopic (exact) mass is 211 g/mol. The summed E-state index contributed by atoms with van der Waals surface area (Å²) in [5.41, 5.74) is 0. The lowest BCUT2D eigenvalue weighted by molar-refractivity contribution is 0.567. The quantitative estimate of drug-likeness (QED) is 0.418. The van der Waals surface area contributed by atoms with Crippen molar-refractivity contribution in [3.63, 3.8) is 0 Å². The van der Waals surface area contributed by atoms with E-state index in [4.69, 9.17) is 11.6 Å². The Bertz CT molecular complexity index is 241. The van der Waals surface area contributed by atoms with Crippen LogP contribution in [0.4, 0.5) is 0 Å². The van der Waals surface area contributed by atoms with Crippen molar-refractivity contribution in [3.8, 4) is 0 Å². The van der Waals surface area contributed by atoms with Crippen LogP contribution in [-0.4, -0.2) is 25.1 Å². The zero-order valence-electron chi connectivity index (χ0n) is 6.40. The summed E-state index contributed by atoms with van der Waals surface area (Å²) < 4.78 is 20.8. The fraction of sp³-hybridized carbons (Fsp3) is 1.00. The Labute approximate surface area is 77.2 Å². The number of hydrogen-bond acceptors (Lipinski definition) is 4. The van der Waals surface area contributed by atoms with Crippen LogP contribution in [0.5, 0.6) is 0 Å². The van der Waals surface area contributed by atoms with Crippen molar-refractivity contribution in [2.45, 2.75) is 30.1 Å². The number of halogens is 1. The second kappa shape index (κ2) is 3.70. The van der Waals surface area contributed by atoms with Gasteiger partial charge in [-0.15, -0.1) is 11.6 Å². The second-order valence-corrected chi connectivity index (χ2v) is 4.87. The van der Waals surface area contributed by atoms with Gasteiger partial charge in [-0.25, -0.2) is 8.42 Å². The normalized spacial score (nSPS) is 22.2. The molecule has 1 rings (SSSR count). The molecule has 1 saturated carbocycles. The molecule has 0 spiro atoms. The van der Waals surface area contributed by atoms with Crippen LogP contribution in [0.2, 0.25) is 0 Å². The van der Waals surface area contributed by atoms with Crippen molar-refractivity contribution >= 4 is 22.3 Å². The summed E-state index contributed by atoms with van der Waals surface area (Å²) in [6.45, 7) is 0. The summed E-state index contributed by atoms with van der Waals surface area (Å²) in [5.74, 6) is 0.106. The molecule has 6 heteroatoms. The third kappa shape index (κ3) is 1.95. The van der Waals surface area contributed by atoms with Crippen LogP contribution in [0, 0.1) is 4.91 Å². The first-order valence-electron chi connectivity index (χ1n) is 3.67. The molecule has 0 heterocycles. The smallest absolute Gasteiger partial charge is 0.145 e. The molecular weight excluding hydrogens is 202 g/mol. The van der Waals surface area contributed by atoms with Gasteiger partial charge in [0.15, 0.2) is 0 Å². The van der Waals surface area contributed by atoms with Gasteiger partial charge in [0.05, 0.1) is 4.75 Å². The third-order valence-corrected chi connectivity index (χ3v) is 3.92. The van der Waals surface area contributed by atoms with Crippen molar-refractivity contribution < 1.29 is 8.42 Å². The number of nitroso groups, excluding NO2 is 1. The van der Waals surface area contributed by atoms with Crippen molar-refractivity contribution in [1.29, 1.82) is 0 Å². The molecule has 70 valence electrons. The van der Waals surface area contributed by atoms with Gasteiger partial charge in [-0.3, -0.25) is 0 Å². The summed E-state index contributed by atoms with van der Waals surface area (Å²) in [5, 5.41) is 2.76. The highest BCUT2D eigenvalue weighted by molar-refractivity contribution is 7.74. The minimum absolute atomic E-state index is 0.106. The minimum atomic E-state index is -2.43. The van der Waals surface area contributed by atoms with Crippen molar-refractivity contribution in [3.05, 3.63) is 4.91 Å². The third-order valence-electron chi connectivity index (χ3n) is 2.16. The molecule has 0 aliphatic heterocycles. The zero-order chi connectivity index (χ0) is 9.19. The second-order valence-electron chi connectivity index (χ2n) is 3.10. The average molecular weight is 212 g/mol. The Morgan fingerprint density at radius 3 is 2.33 bits per heavy atom. The Morgan fingerprint density at radius 1 is 1.50 bits per heavy atom. The van der Waals surface area contributed by atoms with E-state index < -0.39 is 21.5 Å². The van der Waals surface area contributed by atoms with Crippen LogP contribution in [0.15, 0.2) is 5.18 Å². The number of nitrogens with zero attached hydrogens (tertiary/aromatic N) is 1. The van der Waals surface area contributed by atoms with Gasteiger partial charge in [0.2, 0.25) is 0 Å². The Kier molecular flexibility index (Phi) is 3.06. The fourth-order valence-corrected chi connectivity index (χ4v) is 2.17. The maximum atomic E-state index is 10.7. The summed E-state index contributed by atoms with van der Waals surface area (Å²) >= 11 is 5.42. The van der Waals surface area contributed by atoms with Crippen LogP contribution in [0.25, 0.3) is 0 Å². The maximum Gasteiger partial charge on any atom is 0.145 e. The molecule has 1 atom stereocenters. The topological polar surface area (TPSA) is 63.6 Å². The van der Waals surface area contributed by atoms with E-state index in [1.807, 2.05) is 0 Å². The van der Waals surface area contributed by atoms with E-state index in [0.717, 1.165) is 0 Å². The van der Waals surface area contributed by atoms with Crippen LogP contribution >= 0.6 is 11.6 Å². The molecule has 12 heavy (non-hydrogen) atoms. The highest BCUT2D eigenvalue weighted by Gasteiger charge is 2.48. The Balaban J connectivity index is 2.55. The van der Waals surface area contributed by atoms with Crippen LogP contribution in [0.3, 0.4) is 0 Å². The molecule has 0 unspecified atom stereocenters. The first-order chi connectivity index (χ1) is 5.64. The molecule has 0 amide bonds.